The SMILES string of the molecule is C#Cc1cccc(NC(=O)CN(C)C(=O)c2cc(C(C)C)nc3c2c(=O)[nH]c(=O)n3CC(C)C)c1. The molecular weight excluding hydrogens is 446 g/mol. The fourth-order valence-electron chi connectivity index (χ4n) is 3.67. The number of pyridine rings is 1. The van der Waals surface area contributed by atoms with Crippen LogP contribution in [0.2, 0.25) is 0 Å². The van der Waals surface area contributed by atoms with Gasteiger partial charge in [-0.05, 0) is 36.1 Å². The van der Waals surface area contributed by atoms with Gasteiger partial charge < -0.3 is 10.2 Å². The van der Waals surface area contributed by atoms with E-state index in [2.05, 4.69) is 21.2 Å². The molecule has 1 aromatic carbocycles. The Labute approximate surface area is 203 Å². The molecule has 0 aliphatic heterocycles. The molecule has 35 heavy (non-hydrogen) atoms. The molecule has 3 aromatic rings. The van der Waals surface area contributed by atoms with Crippen molar-refractivity contribution in [3.8, 4) is 12.3 Å². The van der Waals surface area contributed by atoms with Gasteiger partial charge in [0.05, 0.1) is 17.5 Å². The lowest BCUT2D eigenvalue weighted by atomic mass is 10.0. The summed E-state index contributed by atoms with van der Waals surface area (Å²) in [7, 11) is 1.47. The number of terminal acetylenes is 1. The third-order valence-electron chi connectivity index (χ3n) is 5.38. The van der Waals surface area contributed by atoms with Crippen molar-refractivity contribution in [1.29, 1.82) is 0 Å². The number of carbonyl (C=O) groups excluding carboxylic acids is 2. The first kappa shape index (κ1) is 25.4. The summed E-state index contributed by atoms with van der Waals surface area (Å²) in [6.45, 7) is 7.75. The van der Waals surface area contributed by atoms with E-state index >= 15 is 0 Å². The molecule has 2 heterocycles. The van der Waals surface area contributed by atoms with Crippen LogP contribution < -0.4 is 16.6 Å². The van der Waals surface area contributed by atoms with Gasteiger partial charge in [0.2, 0.25) is 5.91 Å². The predicted octanol–water partition coefficient (Wildman–Crippen LogP) is 2.56. The second-order valence-electron chi connectivity index (χ2n) is 9.15. The van der Waals surface area contributed by atoms with Crippen LogP contribution in [0.4, 0.5) is 5.69 Å². The lowest BCUT2D eigenvalue weighted by Crippen LogP contribution is -2.37. The second kappa shape index (κ2) is 10.4. The van der Waals surface area contributed by atoms with E-state index in [1.165, 1.54) is 16.5 Å². The van der Waals surface area contributed by atoms with Gasteiger partial charge in [0.1, 0.15) is 0 Å². The number of nitrogens with one attached hydrogen (secondary N) is 2. The highest BCUT2D eigenvalue weighted by Crippen LogP contribution is 2.21. The summed E-state index contributed by atoms with van der Waals surface area (Å²) in [5.41, 5.74) is 0.658. The number of hydrogen-bond donors (Lipinski definition) is 2. The Morgan fingerprint density at radius 1 is 1.20 bits per heavy atom. The van der Waals surface area contributed by atoms with Gasteiger partial charge in [-0.25, -0.2) is 9.78 Å². The maximum Gasteiger partial charge on any atom is 0.330 e. The molecule has 9 heteroatoms. The smallest absolute Gasteiger partial charge is 0.330 e. The Kier molecular flexibility index (Phi) is 7.55. The van der Waals surface area contributed by atoms with Crippen LogP contribution in [0.3, 0.4) is 0 Å². The quantitative estimate of drug-likeness (QED) is 0.510. The van der Waals surface area contributed by atoms with Crippen molar-refractivity contribution in [2.75, 3.05) is 18.9 Å². The minimum atomic E-state index is -0.694. The van der Waals surface area contributed by atoms with Crippen LogP contribution in [0.1, 0.15) is 55.2 Å². The van der Waals surface area contributed by atoms with Crippen LogP contribution in [0.5, 0.6) is 0 Å². The fourth-order valence-corrected chi connectivity index (χ4v) is 3.67. The summed E-state index contributed by atoms with van der Waals surface area (Å²) in [6, 6.07) is 8.36. The molecule has 0 radical (unpaired) electrons. The van der Waals surface area contributed by atoms with Crippen molar-refractivity contribution in [2.24, 2.45) is 5.92 Å². The maximum atomic E-state index is 13.4. The van der Waals surface area contributed by atoms with Gasteiger partial charge in [-0.2, -0.15) is 0 Å². The van der Waals surface area contributed by atoms with E-state index in [9.17, 15) is 19.2 Å². The number of rotatable bonds is 7. The Bertz CT molecular complexity index is 1440. The van der Waals surface area contributed by atoms with Crippen LogP contribution in [0.25, 0.3) is 11.0 Å². The number of likely N-dealkylation sites (N-methyl/N-ethyl adjacent to an activating group) is 1. The highest BCUT2D eigenvalue weighted by atomic mass is 16.2. The molecule has 0 saturated carbocycles. The van der Waals surface area contributed by atoms with Crippen LogP contribution in [-0.4, -0.2) is 44.8 Å². The van der Waals surface area contributed by atoms with E-state index in [0.29, 0.717) is 23.5 Å². The maximum absolute atomic E-state index is 13.4. The fraction of sp³-hybridized carbons (Fsp3) is 0.346. The van der Waals surface area contributed by atoms with Gasteiger partial charge in [-0.1, -0.05) is 39.7 Å². The van der Waals surface area contributed by atoms with Gasteiger partial charge >= 0.3 is 5.69 Å². The molecule has 0 aliphatic carbocycles. The monoisotopic (exact) mass is 475 g/mol. The van der Waals surface area contributed by atoms with Crippen molar-refractivity contribution in [2.45, 2.75) is 40.2 Å². The topological polar surface area (TPSA) is 117 Å². The molecule has 9 nitrogen and oxygen atoms in total. The molecule has 182 valence electrons. The highest BCUT2D eigenvalue weighted by molar-refractivity contribution is 6.06. The molecule has 0 unspecified atom stereocenters. The Balaban J connectivity index is 2.01. The van der Waals surface area contributed by atoms with Gasteiger partial charge in [0.15, 0.2) is 5.65 Å². The molecule has 0 spiro atoms. The van der Waals surface area contributed by atoms with Gasteiger partial charge in [-0.15, -0.1) is 6.42 Å². The number of carbonyl (C=O) groups is 2. The van der Waals surface area contributed by atoms with Crippen LogP contribution in [0.15, 0.2) is 39.9 Å². The van der Waals surface area contributed by atoms with Crippen molar-refractivity contribution >= 4 is 28.5 Å². The first-order chi connectivity index (χ1) is 16.5. The number of benzene rings is 1. The van der Waals surface area contributed by atoms with Crippen LogP contribution in [0, 0.1) is 18.3 Å². The average molecular weight is 476 g/mol. The normalized spacial score (nSPS) is 11.0. The molecule has 2 aromatic heterocycles. The summed E-state index contributed by atoms with van der Waals surface area (Å²) in [5, 5.41) is 2.74. The molecule has 0 saturated heterocycles. The van der Waals surface area contributed by atoms with Gasteiger partial charge in [0, 0.05) is 30.5 Å². The largest absolute Gasteiger partial charge is 0.332 e. The predicted molar refractivity (Wildman–Crippen MR) is 136 cm³/mol. The molecule has 0 atom stereocenters. The minimum absolute atomic E-state index is 0.0219. The van der Waals surface area contributed by atoms with Crippen LogP contribution >= 0.6 is 0 Å². The summed E-state index contributed by atoms with van der Waals surface area (Å²) < 4.78 is 1.38. The summed E-state index contributed by atoms with van der Waals surface area (Å²) in [6.07, 6.45) is 5.40. The van der Waals surface area contributed by atoms with Gasteiger partial charge in [0.25, 0.3) is 11.5 Å². The van der Waals surface area contributed by atoms with E-state index in [4.69, 9.17) is 6.42 Å². The van der Waals surface area contributed by atoms with E-state index in [1.807, 2.05) is 27.7 Å². The average Bonchev–Trinajstić information content (AvgIpc) is 2.80. The molecule has 0 bridgehead atoms. The zero-order chi connectivity index (χ0) is 25.9. The number of H-pyrrole nitrogens is 1. The van der Waals surface area contributed by atoms with E-state index < -0.39 is 23.1 Å². The lowest BCUT2D eigenvalue weighted by Gasteiger charge is -2.20. The number of nitrogens with zero attached hydrogens (tertiary/aromatic N) is 3. The van der Waals surface area contributed by atoms with Crippen LogP contribution in [-0.2, 0) is 11.3 Å². The lowest BCUT2D eigenvalue weighted by molar-refractivity contribution is -0.116. The van der Waals surface area contributed by atoms with Crippen molar-refractivity contribution in [1.82, 2.24) is 19.4 Å². The first-order valence-electron chi connectivity index (χ1n) is 11.3. The summed E-state index contributed by atoms with van der Waals surface area (Å²) >= 11 is 0. The minimum Gasteiger partial charge on any atom is -0.332 e. The molecular formula is C26H29N5O4. The zero-order valence-corrected chi connectivity index (χ0v) is 20.5. The molecule has 0 fully saturated rings. The molecule has 0 aliphatic rings. The summed E-state index contributed by atoms with van der Waals surface area (Å²) in [5.74, 6) is 1.57. The van der Waals surface area contributed by atoms with Crippen molar-refractivity contribution in [3.05, 3.63) is 68.0 Å². The molecule has 2 amide bonds. The number of anilines is 1. The van der Waals surface area contributed by atoms with E-state index in [1.54, 1.807) is 30.3 Å². The Morgan fingerprint density at radius 2 is 1.91 bits per heavy atom. The Hall–Kier alpha value is -4.19. The number of aromatic nitrogens is 3. The van der Waals surface area contributed by atoms with Crippen molar-refractivity contribution in [3.63, 3.8) is 0 Å². The number of fused-ring (bicyclic) bond motifs is 1. The Morgan fingerprint density at radius 3 is 2.54 bits per heavy atom. The van der Waals surface area contributed by atoms with Gasteiger partial charge in [-0.3, -0.25) is 23.9 Å². The third kappa shape index (κ3) is 5.66. The van der Waals surface area contributed by atoms with Crippen molar-refractivity contribution < 1.29 is 9.59 Å². The third-order valence-corrected chi connectivity index (χ3v) is 5.38. The number of amides is 2. The summed E-state index contributed by atoms with van der Waals surface area (Å²) in [4.78, 5) is 59.5. The molecule has 3 rings (SSSR count). The van der Waals surface area contributed by atoms with E-state index in [-0.39, 0.29) is 35.0 Å². The second-order valence-corrected chi connectivity index (χ2v) is 9.15. The molecule has 2 N–H and O–H groups in total. The number of aromatic amines is 1. The zero-order valence-electron chi connectivity index (χ0n) is 20.5. The standard InChI is InChI=1S/C26H29N5O4/c1-7-17-9-8-10-18(11-17)27-21(32)14-30(6)25(34)19-12-20(16(4)5)28-23-22(19)24(33)29-26(35)31(23)13-15(2)3/h1,8-12,15-16H,13-14H2,2-6H3,(H,27,32)(H,29,33,35). The number of hydrogen-bond acceptors (Lipinski definition) is 5. The van der Waals surface area contributed by atoms with E-state index in [0.717, 1.165) is 0 Å². The first-order valence-corrected chi connectivity index (χ1v) is 11.3. The highest BCUT2D eigenvalue weighted by Gasteiger charge is 2.24.